The first-order valence-corrected chi connectivity index (χ1v) is 16.8. The maximum Gasteiger partial charge on any atom is 0.338 e. The summed E-state index contributed by atoms with van der Waals surface area (Å²) in [4.78, 5) is 41.0. The minimum absolute atomic E-state index is 0.0368. The van der Waals surface area contributed by atoms with E-state index in [1.807, 2.05) is 0 Å². The number of phenolic OH excluding ortho intramolecular Hbond substituents is 6. The number of rotatable bonds is 12. The van der Waals surface area contributed by atoms with Crippen LogP contribution in [0.5, 0.6) is 51.7 Å². The van der Waals surface area contributed by atoms with E-state index in [9.17, 15) is 45.0 Å². The summed E-state index contributed by atoms with van der Waals surface area (Å²) in [6.45, 7) is 5.09. The Morgan fingerprint density at radius 1 is 0.740 bits per heavy atom. The van der Waals surface area contributed by atoms with E-state index in [1.165, 1.54) is 12.1 Å². The molecule has 6 N–H and O–H groups in total. The summed E-state index contributed by atoms with van der Waals surface area (Å²) in [5.41, 5.74) is -2.09. The van der Waals surface area contributed by atoms with Crippen LogP contribution in [0.25, 0.3) is 0 Å². The average Bonchev–Trinajstić information content (AvgIpc) is 3.28. The first kappa shape index (κ1) is 36.0. The molecule has 2 aliphatic rings. The number of esters is 1. The van der Waals surface area contributed by atoms with Crippen LogP contribution in [0.1, 0.15) is 116 Å². The first-order chi connectivity index (χ1) is 23.8. The molecule has 0 amide bonds. The summed E-state index contributed by atoms with van der Waals surface area (Å²) in [6.07, 6.45) is 5.60. The molecule has 1 aliphatic heterocycles. The van der Waals surface area contributed by atoms with Gasteiger partial charge in [0.2, 0.25) is 23.1 Å². The van der Waals surface area contributed by atoms with E-state index in [0.717, 1.165) is 62.8 Å². The number of phenols is 6. The SMILES string of the molecule is CCCC1(C(=O)c2cc(O)c(O)c(O)c2)Oc2cc(C(=O)C(CC)(CC)Oc3cc(C(=O)OC4CCCCCC4)cc(O)c3O)cc(O)c2O1. The van der Waals surface area contributed by atoms with Crippen LogP contribution in [-0.4, -0.2) is 65.7 Å². The monoisotopic (exact) mass is 694 g/mol. The minimum atomic E-state index is -2.05. The van der Waals surface area contributed by atoms with E-state index in [0.29, 0.717) is 6.42 Å². The summed E-state index contributed by atoms with van der Waals surface area (Å²) in [7, 11) is 0. The number of benzene rings is 3. The van der Waals surface area contributed by atoms with Gasteiger partial charge in [-0.05, 0) is 81.3 Å². The fourth-order valence-corrected chi connectivity index (χ4v) is 6.46. The Morgan fingerprint density at radius 3 is 1.92 bits per heavy atom. The van der Waals surface area contributed by atoms with Crippen molar-refractivity contribution in [3.8, 4) is 51.7 Å². The highest BCUT2D eigenvalue weighted by molar-refractivity contribution is 6.05. The van der Waals surface area contributed by atoms with Crippen LogP contribution in [0, 0.1) is 0 Å². The van der Waals surface area contributed by atoms with Crippen molar-refractivity contribution in [3.63, 3.8) is 0 Å². The summed E-state index contributed by atoms with van der Waals surface area (Å²) < 4.78 is 23.7. The number of carbonyl (C=O) groups excluding carboxylic acids is 3. The van der Waals surface area contributed by atoms with Crippen molar-refractivity contribution < 1.29 is 64.0 Å². The molecule has 0 spiro atoms. The fourth-order valence-electron chi connectivity index (χ4n) is 6.46. The molecule has 1 unspecified atom stereocenters. The maximum absolute atomic E-state index is 14.2. The van der Waals surface area contributed by atoms with Gasteiger partial charge in [0, 0.05) is 17.5 Å². The number of ketones is 2. The molecule has 13 heteroatoms. The van der Waals surface area contributed by atoms with Gasteiger partial charge in [-0.25, -0.2) is 4.79 Å². The van der Waals surface area contributed by atoms with Gasteiger partial charge in [0.25, 0.3) is 0 Å². The predicted octanol–water partition coefficient (Wildman–Crippen LogP) is 6.77. The molecule has 13 nitrogen and oxygen atoms in total. The Hall–Kier alpha value is -5.33. The lowest BCUT2D eigenvalue weighted by Crippen LogP contribution is -2.47. The molecule has 0 saturated heterocycles. The van der Waals surface area contributed by atoms with Crippen molar-refractivity contribution >= 4 is 17.5 Å². The zero-order valence-electron chi connectivity index (χ0n) is 28.2. The number of Topliss-reactive ketones (excluding diaryl/α,β-unsaturated/α-hetero) is 2. The molecule has 1 heterocycles. The normalized spacial score (nSPS) is 17.6. The number of ether oxygens (including phenoxy) is 4. The molecule has 1 atom stereocenters. The largest absolute Gasteiger partial charge is 0.504 e. The van der Waals surface area contributed by atoms with Crippen LogP contribution in [0.4, 0.5) is 0 Å². The molecule has 3 aromatic carbocycles. The van der Waals surface area contributed by atoms with Gasteiger partial charge in [-0.1, -0.05) is 33.6 Å². The van der Waals surface area contributed by atoms with Crippen molar-refractivity contribution in [2.45, 2.75) is 102 Å². The lowest BCUT2D eigenvalue weighted by Gasteiger charge is -2.32. The molecule has 5 rings (SSSR count). The molecule has 3 aromatic rings. The summed E-state index contributed by atoms with van der Waals surface area (Å²) >= 11 is 0. The molecule has 50 heavy (non-hydrogen) atoms. The zero-order valence-corrected chi connectivity index (χ0v) is 28.2. The average molecular weight is 695 g/mol. The smallest absolute Gasteiger partial charge is 0.338 e. The van der Waals surface area contributed by atoms with Gasteiger partial charge in [0.05, 0.1) is 5.56 Å². The second kappa shape index (κ2) is 14.3. The molecule has 0 bridgehead atoms. The molecule has 0 aromatic heterocycles. The lowest BCUT2D eigenvalue weighted by molar-refractivity contribution is -0.0550. The van der Waals surface area contributed by atoms with E-state index < -0.39 is 63.4 Å². The lowest BCUT2D eigenvalue weighted by atomic mass is 9.87. The number of carbonyl (C=O) groups is 3. The van der Waals surface area contributed by atoms with Crippen LogP contribution >= 0.6 is 0 Å². The van der Waals surface area contributed by atoms with E-state index in [-0.39, 0.29) is 59.3 Å². The molecule has 1 saturated carbocycles. The van der Waals surface area contributed by atoms with E-state index in [4.69, 9.17) is 18.9 Å². The standard InChI is InChI=1S/C37H42O13/c1-4-13-37(34(45)20-14-24(38)30(42)25(39)15-20)49-29-18-21(16-27(41)32(29)50-37)33(44)36(5-2,6-3)48-28-19-22(17-26(40)31(28)43)35(46)47-23-11-9-7-8-10-12-23/h14-19,23,38-43H,4-13H2,1-3H3. The quantitative estimate of drug-likeness (QED) is 0.0501. The molecule has 268 valence electrons. The van der Waals surface area contributed by atoms with E-state index >= 15 is 0 Å². The van der Waals surface area contributed by atoms with Gasteiger partial charge in [-0.2, -0.15) is 0 Å². The Morgan fingerprint density at radius 2 is 1.32 bits per heavy atom. The predicted molar refractivity (Wildman–Crippen MR) is 178 cm³/mol. The van der Waals surface area contributed by atoms with Crippen LogP contribution in [0.2, 0.25) is 0 Å². The highest BCUT2D eigenvalue weighted by Crippen LogP contribution is 2.50. The van der Waals surface area contributed by atoms with Gasteiger partial charge in [0.1, 0.15) is 6.10 Å². The van der Waals surface area contributed by atoms with Crippen molar-refractivity contribution in [1.82, 2.24) is 0 Å². The summed E-state index contributed by atoms with van der Waals surface area (Å²) in [5, 5.41) is 62.0. The molecular formula is C37H42O13. The molecule has 0 radical (unpaired) electrons. The molecule has 1 fully saturated rings. The van der Waals surface area contributed by atoms with Crippen molar-refractivity contribution in [3.05, 3.63) is 53.1 Å². The van der Waals surface area contributed by atoms with Crippen LogP contribution in [0.15, 0.2) is 36.4 Å². The molecular weight excluding hydrogens is 652 g/mol. The Bertz CT molecular complexity index is 1760. The third kappa shape index (κ3) is 6.76. The number of fused-ring (bicyclic) bond motifs is 1. The first-order valence-electron chi connectivity index (χ1n) is 16.8. The van der Waals surface area contributed by atoms with Crippen molar-refractivity contribution in [2.24, 2.45) is 0 Å². The van der Waals surface area contributed by atoms with Crippen molar-refractivity contribution in [2.75, 3.05) is 0 Å². The maximum atomic E-state index is 14.2. The summed E-state index contributed by atoms with van der Waals surface area (Å²) in [6, 6.07) is 6.55. The second-order valence-corrected chi connectivity index (χ2v) is 12.7. The van der Waals surface area contributed by atoms with Gasteiger partial charge in [-0.15, -0.1) is 0 Å². The third-order valence-electron chi connectivity index (χ3n) is 9.32. The minimum Gasteiger partial charge on any atom is -0.504 e. The van der Waals surface area contributed by atoms with Crippen molar-refractivity contribution in [1.29, 1.82) is 0 Å². The Labute approximate surface area is 288 Å². The van der Waals surface area contributed by atoms with Gasteiger partial charge in [0.15, 0.2) is 45.8 Å². The van der Waals surface area contributed by atoms with E-state index in [1.54, 1.807) is 20.8 Å². The number of aromatic hydroxyl groups is 6. The zero-order chi connectivity index (χ0) is 36.4. The van der Waals surface area contributed by atoms with Crippen LogP contribution < -0.4 is 14.2 Å². The Balaban J connectivity index is 1.45. The van der Waals surface area contributed by atoms with Gasteiger partial charge < -0.3 is 49.6 Å². The second-order valence-electron chi connectivity index (χ2n) is 12.7. The van der Waals surface area contributed by atoms with Crippen LogP contribution in [-0.2, 0) is 4.74 Å². The number of hydrogen-bond acceptors (Lipinski definition) is 13. The Kier molecular flexibility index (Phi) is 10.3. The van der Waals surface area contributed by atoms with Gasteiger partial charge in [-0.3, -0.25) is 9.59 Å². The van der Waals surface area contributed by atoms with E-state index in [2.05, 4.69) is 0 Å². The highest BCUT2D eigenvalue weighted by atomic mass is 16.7. The summed E-state index contributed by atoms with van der Waals surface area (Å²) in [5.74, 6) is -9.10. The topological polar surface area (TPSA) is 210 Å². The highest BCUT2D eigenvalue weighted by Gasteiger charge is 2.50. The fraction of sp³-hybridized carbons (Fsp3) is 0.432. The third-order valence-corrected chi connectivity index (χ3v) is 9.32. The molecule has 1 aliphatic carbocycles. The number of hydrogen-bond donors (Lipinski definition) is 6. The van der Waals surface area contributed by atoms with Crippen LogP contribution in [0.3, 0.4) is 0 Å². The van der Waals surface area contributed by atoms with Gasteiger partial charge >= 0.3 is 11.8 Å².